The fourth-order valence-electron chi connectivity index (χ4n) is 1.84. The molecule has 0 heterocycles. The predicted molar refractivity (Wildman–Crippen MR) is 115 cm³/mol. The summed E-state index contributed by atoms with van der Waals surface area (Å²) in [5, 5.41) is 0.412. The van der Waals surface area contributed by atoms with Gasteiger partial charge >= 0.3 is 5.97 Å². The summed E-state index contributed by atoms with van der Waals surface area (Å²) in [6.45, 7) is 1.98. The van der Waals surface area contributed by atoms with Crippen molar-refractivity contribution in [2.75, 3.05) is 11.3 Å². The van der Waals surface area contributed by atoms with Crippen LogP contribution in [0.4, 0.5) is 5.69 Å². The van der Waals surface area contributed by atoms with E-state index in [0.29, 0.717) is 18.4 Å². The van der Waals surface area contributed by atoms with E-state index in [0.717, 1.165) is 0 Å². The Bertz CT molecular complexity index is 912. The van der Waals surface area contributed by atoms with Crippen molar-refractivity contribution in [1.82, 2.24) is 0 Å². The van der Waals surface area contributed by atoms with Gasteiger partial charge in [0.1, 0.15) is 0 Å². The van der Waals surface area contributed by atoms with Crippen molar-refractivity contribution in [3.63, 3.8) is 0 Å². The van der Waals surface area contributed by atoms with E-state index >= 15 is 0 Å². The fourth-order valence-corrected chi connectivity index (χ4v) is 5.73. The number of hydrogen-bond donors (Lipinski definition) is 1. The van der Waals surface area contributed by atoms with Gasteiger partial charge in [-0.3, -0.25) is 4.72 Å². The number of nitrogens with one attached hydrogen (secondary N) is 1. The van der Waals surface area contributed by atoms with Crippen molar-refractivity contribution in [2.24, 2.45) is 0 Å². The lowest BCUT2D eigenvalue weighted by Gasteiger charge is -2.13. The van der Waals surface area contributed by atoms with Crippen LogP contribution in [0.2, 0.25) is 10.0 Å². The van der Waals surface area contributed by atoms with Gasteiger partial charge in [-0.15, -0.1) is 0 Å². The van der Waals surface area contributed by atoms with Crippen molar-refractivity contribution in [2.45, 2.75) is 11.8 Å². The van der Waals surface area contributed by atoms with Gasteiger partial charge in [-0.05, 0) is 82.4 Å². The van der Waals surface area contributed by atoms with Crippen LogP contribution in [0.3, 0.4) is 0 Å². The lowest BCUT2D eigenvalue weighted by molar-refractivity contribution is 0.0526. The summed E-state index contributed by atoms with van der Waals surface area (Å²) >= 11 is 15.6. The second kappa shape index (κ2) is 8.59. The number of hydrogen-bond acceptors (Lipinski definition) is 4. The molecule has 0 saturated heterocycles. The molecule has 0 fully saturated rings. The molecule has 0 aliphatic rings. The van der Waals surface area contributed by atoms with Crippen LogP contribution in [0, 0.1) is 7.14 Å². The molecule has 134 valence electrons. The summed E-state index contributed by atoms with van der Waals surface area (Å²) in [6.07, 6.45) is 0. The van der Waals surface area contributed by atoms with Crippen LogP contribution >= 0.6 is 68.4 Å². The third kappa shape index (κ3) is 5.12. The predicted octanol–water partition coefficient (Wildman–Crippen LogP) is 5.18. The van der Waals surface area contributed by atoms with E-state index in [2.05, 4.69) is 4.72 Å². The minimum atomic E-state index is -3.86. The molecular weight excluding hydrogens is 615 g/mol. The molecule has 5 nitrogen and oxygen atoms in total. The Balaban J connectivity index is 2.39. The van der Waals surface area contributed by atoms with Crippen LogP contribution in [-0.2, 0) is 14.8 Å². The molecule has 25 heavy (non-hydrogen) atoms. The molecule has 1 N–H and O–H groups in total. The smallest absolute Gasteiger partial charge is 0.338 e. The quantitative estimate of drug-likeness (QED) is 0.367. The third-order valence-electron chi connectivity index (χ3n) is 2.99. The lowest BCUT2D eigenvalue weighted by Crippen LogP contribution is -2.15. The van der Waals surface area contributed by atoms with Gasteiger partial charge in [0.25, 0.3) is 10.0 Å². The van der Waals surface area contributed by atoms with Crippen LogP contribution in [0.25, 0.3) is 0 Å². The number of halogens is 4. The Kier molecular flexibility index (Phi) is 7.22. The monoisotopic (exact) mass is 625 g/mol. The first kappa shape index (κ1) is 21.0. The highest BCUT2D eigenvalue weighted by molar-refractivity contribution is 14.1. The van der Waals surface area contributed by atoms with Crippen molar-refractivity contribution in [3.05, 3.63) is 53.1 Å². The maximum Gasteiger partial charge on any atom is 0.338 e. The van der Waals surface area contributed by atoms with Crippen molar-refractivity contribution in [1.29, 1.82) is 0 Å². The molecule has 0 aliphatic carbocycles. The molecule has 0 aliphatic heterocycles. The first-order valence-corrected chi connectivity index (χ1v) is 11.2. The van der Waals surface area contributed by atoms with Crippen LogP contribution < -0.4 is 4.72 Å². The number of anilines is 1. The first-order valence-electron chi connectivity index (χ1n) is 6.79. The molecule has 0 spiro atoms. The molecule has 0 unspecified atom stereocenters. The molecular formula is C15H11Cl2I2NO4S. The second-order valence-corrected chi connectivity index (χ2v) is 9.54. The van der Waals surface area contributed by atoms with Gasteiger partial charge in [0, 0.05) is 7.14 Å². The first-order chi connectivity index (χ1) is 11.7. The maximum atomic E-state index is 12.6. The second-order valence-electron chi connectivity index (χ2n) is 4.72. The summed E-state index contributed by atoms with van der Waals surface area (Å²) in [7, 11) is -3.86. The third-order valence-corrected chi connectivity index (χ3v) is 6.78. The highest BCUT2D eigenvalue weighted by Gasteiger charge is 2.20. The zero-order valence-electron chi connectivity index (χ0n) is 12.6. The van der Waals surface area contributed by atoms with E-state index in [4.69, 9.17) is 27.9 Å². The number of ether oxygens (including phenoxy) is 1. The number of carbonyl (C=O) groups is 1. The van der Waals surface area contributed by atoms with E-state index in [1.165, 1.54) is 18.2 Å². The standard InChI is InChI=1S/C15H11Cl2I2NO4S/c1-2-24-15(21)8-5-12(18)14(13(19)6-8)20-25(22,23)9-3-4-10(16)11(17)7-9/h3-7,20H,2H2,1H3. The number of carbonyl (C=O) groups excluding carboxylic acids is 1. The van der Waals surface area contributed by atoms with Gasteiger partial charge in [-0.1, -0.05) is 23.2 Å². The number of rotatable bonds is 5. The number of benzene rings is 2. The number of sulfonamides is 1. The van der Waals surface area contributed by atoms with Crippen LogP contribution in [0.15, 0.2) is 35.2 Å². The van der Waals surface area contributed by atoms with Gasteiger partial charge in [-0.2, -0.15) is 0 Å². The van der Waals surface area contributed by atoms with Crippen LogP contribution in [-0.4, -0.2) is 21.0 Å². The van der Waals surface area contributed by atoms with Gasteiger partial charge in [0.2, 0.25) is 0 Å². The zero-order valence-corrected chi connectivity index (χ0v) is 19.3. The topological polar surface area (TPSA) is 72.5 Å². The van der Waals surface area contributed by atoms with Gasteiger partial charge in [-0.25, -0.2) is 13.2 Å². The Morgan fingerprint density at radius 3 is 2.24 bits per heavy atom. The minimum absolute atomic E-state index is 0.0111. The summed E-state index contributed by atoms with van der Waals surface area (Å²) in [5.74, 6) is -0.461. The van der Waals surface area contributed by atoms with E-state index in [-0.39, 0.29) is 21.5 Å². The molecule has 0 saturated carbocycles. The van der Waals surface area contributed by atoms with Crippen molar-refractivity contribution in [3.8, 4) is 0 Å². The maximum absolute atomic E-state index is 12.6. The van der Waals surface area contributed by atoms with Gasteiger partial charge in [0.05, 0.1) is 32.8 Å². The van der Waals surface area contributed by atoms with E-state index < -0.39 is 16.0 Å². The molecule has 0 atom stereocenters. The molecule has 2 aromatic carbocycles. The Morgan fingerprint density at radius 1 is 1.12 bits per heavy atom. The molecule has 0 radical (unpaired) electrons. The largest absolute Gasteiger partial charge is 0.462 e. The zero-order chi connectivity index (χ0) is 18.8. The normalized spacial score (nSPS) is 11.2. The molecule has 10 heteroatoms. The van der Waals surface area contributed by atoms with Gasteiger partial charge in [0.15, 0.2) is 0 Å². The fraction of sp³-hybridized carbons (Fsp3) is 0.133. The molecule has 0 bridgehead atoms. The summed E-state index contributed by atoms with van der Waals surface area (Å²) < 4.78 is 33.8. The molecule has 2 rings (SSSR count). The Hall–Kier alpha value is -0.300. The summed E-state index contributed by atoms with van der Waals surface area (Å²) in [4.78, 5) is 11.8. The summed E-state index contributed by atoms with van der Waals surface area (Å²) in [6, 6.07) is 7.18. The highest BCUT2D eigenvalue weighted by Crippen LogP contribution is 2.31. The van der Waals surface area contributed by atoms with E-state index in [9.17, 15) is 13.2 Å². The molecule has 0 aromatic heterocycles. The van der Waals surface area contributed by atoms with E-state index in [1.807, 2.05) is 45.2 Å². The average Bonchev–Trinajstić information content (AvgIpc) is 2.53. The summed E-state index contributed by atoms with van der Waals surface area (Å²) in [5.41, 5.74) is 0.730. The Morgan fingerprint density at radius 2 is 1.72 bits per heavy atom. The number of esters is 1. The van der Waals surface area contributed by atoms with Crippen LogP contribution in [0.1, 0.15) is 17.3 Å². The van der Waals surface area contributed by atoms with Crippen molar-refractivity contribution < 1.29 is 17.9 Å². The SMILES string of the molecule is CCOC(=O)c1cc(I)c(NS(=O)(=O)c2ccc(Cl)c(Cl)c2)c(I)c1. The minimum Gasteiger partial charge on any atom is -0.462 e. The molecule has 2 aromatic rings. The highest BCUT2D eigenvalue weighted by atomic mass is 127. The Labute approximate surface area is 182 Å². The lowest BCUT2D eigenvalue weighted by atomic mass is 10.2. The average molecular weight is 626 g/mol. The van der Waals surface area contributed by atoms with Crippen LogP contribution in [0.5, 0.6) is 0 Å². The van der Waals surface area contributed by atoms with E-state index in [1.54, 1.807) is 19.1 Å². The van der Waals surface area contributed by atoms with Gasteiger partial charge < -0.3 is 4.74 Å². The molecule has 0 amide bonds. The van der Waals surface area contributed by atoms with Crippen molar-refractivity contribution >= 4 is 90.1 Å².